The molecule has 1 fully saturated rings. The van der Waals surface area contributed by atoms with Gasteiger partial charge in [-0.2, -0.15) is 0 Å². The molecule has 0 atom stereocenters. The van der Waals surface area contributed by atoms with E-state index in [0.29, 0.717) is 11.4 Å². The molecule has 0 radical (unpaired) electrons. The van der Waals surface area contributed by atoms with Gasteiger partial charge >= 0.3 is 0 Å². The van der Waals surface area contributed by atoms with Crippen LogP contribution in [0.5, 0.6) is 0 Å². The van der Waals surface area contributed by atoms with Crippen LogP contribution in [0.3, 0.4) is 0 Å². The minimum Gasteiger partial charge on any atom is -0.354 e. The lowest BCUT2D eigenvalue weighted by Crippen LogP contribution is -2.51. The number of nitrogens with zero attached hydrogens (tertiary/aromatic N) is 3. The predicted molar refractivity (Wildman–Crippen MR) is 99.9 cm³/mol. The fourth-order valence-corrected chi connectivity index (χ4v) is 3.86. The van der Waals surface area contributed by atoms with Crippen molar-refractivity contribution in [2.24, 2.45) is 0 Å². The van der Waals surface area contributed by atoms with E-state index in [0.717, 1.165) is 43.4 Å². The molecule has 140 valence electrons. The fourth-order valence-electron chi connectivity index (χ4n) is 2.80. The number of nitrogens with one attached hydrogen (secondary N) is 2. The lowest BCUT2D eigenvalue weighted by atomic mass is 10.1. The van der Waals surface area contributed by atoms with Gasteiger partial charge in [0, 0.05) is 38.8 Å². The predicted octanol–water partition coefficient (Wildman–Crippen LogP) is 0.843. The number of piperazine rings is 1. The first-order chi connectivity index (χ1) is 11.7. The summed E-state index contributed by atoms with van der Waals surface area (Å²) in [7, 11) is 1.64. The smallest absolute Gasteiger partial charge is 0.263 e. The third-order valence-electron chi connectivity index (χ3n) is 3.98. The number of rotatable bonds is 5. The summed E-state index contributed by atoms with van der Waals surface area (Å²) in [6, 6.07) is 0. The molecule has 0 spiro atoms. The zero-order chi connectivity index (χ0) is 18.6. The quantitative estimate of drug-likeness (QED) is 0.807. The lowest BCUT2D eigenvalue weighted by Gasteiger charge is -2.34. The standard InChI is InChI=1S/C17H29N5O2S/c1-12-15(16(24)18-5)25-14(19-12)11-22-8-6-21(7-9-22)10-13(23)20-17(2,3)4/h6-11H2,1-5H3,(H,18,24)(H,20,23). The highest BCUT2D eigenvalue weighted by molar-refractivity contribution is 7.13. The van der Waals surface area contributed by atoms with Gasteiger partial charge in [-0.25, -0.2) is 4.98 Å². The molecule has 7 nitrogen and oxygen atoms in total. The molecule has 2 N–H and O–H groups in total. The molecule has 8 heteroatoms. The highest BCUT2D eigenvalue weighted by Gasteiger charge is 2.22. The topological polar surface area (TPSA) is 77.6 Å². The molecule has 0 aromatic carbocycles. The molecule has 1 aliphatic heterocycles. The largest absolute Gasteiger partial charge is 0.354 e. The summed E-state index contributed by atoms with van der Waals surface area (Å²) in [5.41, 5.74) is 0.598. The van der Waals surface area contributed by atoms with Crippen molar-refractivity contribution in [3.05, 3.63) is 15.6 Å². The van der Waals surface area contributed by atoms with Gasteiger partial charge in [0.1, 0.15) is 9.88 Å². The van der Waals surface area contributed by atoms with E-state index in [2.05, 4.69) is 25.4 Å². The monoisotopic (exact) mass is 367 g/mol. The minimum atomic E-state index is -0.190. The van der Waals surface area contributed by atoms with Gasteiger partial charge in [-0.1, -0.05) is 0 Å². The number of hydrogen-bond donors (Lipinski definition) is 2. The molecule has 0 bridgehead atoms. The molecule has 2 rings (SSSR count). The van der Waals surface area contributed by atoms with Crippen LogP contribution in [0.4, 0.5) is 0 Å². The van der Waals surface area contributed by atoms with E-state index >= 15 is 0 Å². The summed E-state index contributed by atoms with van der Waals surface area (Å²) in [4.78, 5) is 33.5. The Bertz CT molecular complexity index is 615. The van der Waals surface area contributed by atoms with Crippen molar-refractivity contribution in [2.45, 2.75) is 39.8 Å². The van der Waals surface area contributed by atoms with Crippen LogP contribution in [0.2, 0.25) is 0 Å². The highest BCUT2D eigenvalue weighted by atomic mass is 32.1. The molecular weight excluding hydrogens is 338 g/mol. The number of carbonyl (C=O) groups is 2. The van der Waals surface area contributed by atoms with E-state index in [1.807, 2.05) is 27.7 Å². The average molecular weight is 368 g/mol. The Kier molecular flexibility index (Phi) is 6.53. The Balaban J connectivity index is 1.81. The lowest BCUT2D eigenvalue weighted by molar-refractivity contribution is -0.124. The van der Waals surface area contributed by atoms with E-state index in [1.54, 1.807) is 7.05 Å². The average Bonchev–Trinajstić information content (AvgIpc) is 2.87. The van der Waals surface area contributed by atoms with Gasteiger partial charge in [-0.05, 0) is 27.7 Å². The molecule has 0 aliphatic carbocycles. The molecule has 1 aliphatic rings. The van der Waals surface area contributed by atoms with Crippen molar-refractivity contribution in [3.8, 4) is 0 Å². The molecule has 0 unspecified atom stereocenters. The van der Waals surface area contributed by atoms with E-state index in [9.17, 15) is 9.59 Å². The Morgan fingerprint density at radius 2 is 1.76 bits per heavy atom. The van der Waals surface area contributed by atoms with Crippen molar-refractivity contribution in [2.75, 3.05) is 39.8 Å². The third kappa shape index (κ3) is 6.05. The molecule has 1 aromatic heterocycles. The van der Waals surface area contributed by atoms with Gasteiger partial charge in [0.15, 0.2) is 0 Å². The molecule has 0 saturated carbocycles. The van der Waals surface area contributed by atoms with Crippen molar-refractivity contribution in [1.82, 2.24) is 25.4 Å². The third-order valence-corrected chi connectivity index (χ3v) is 5.12. The summed E-state index contributed by atoms with van der Waals surface area (Å²) >= 11 is 1.46. The van der Waals surface area contributed by atoms with Crippen LogP contribution < -0.4 is 10.6 Å². The second-order valence-electron chi connectivity index (χ2n) is 7.45. The minimum absolute atomic E-state index is 0.0732. The normalized spacial score (nSPS) is 16.7. The van der Waals surface area contributed by atoms with Crippen LogP contribution in [0, 0.1) is 6.92 Å². The zero-order valence-electron chi connectivity index (χ0n) is 15.8. The van der Waals surface area contributed by atoms with Crippen molar-refractivity contribution >= 4 is 23.2 Å². The van der Waals surface area contributed by atoms with Gasteiger partial charge in [-0.3, -0.25) is 19.4 Å². The second-order valence-corrected chi connectivity index (χ2v) is 8.54. The first-order valence-corrected chi connectivity index (χ1v) is 9.43. The molecule has 1 saturated heterocycles. The van der Waals surface area contributed by atoms with Gasteiger partial charge in [-0.15, -0.1) is 11.3 Å². The van der Waals surface area contributed by atoms with E-state index in [1.165, 1.54) is 11.3 Å². The van der Waals surface area contributed by atoms with Gasteiger partial charge in [0.05, 0.1) is 18.8 Å². The highest BCUT2D eigenvalue weighted by Crippen LogP contribution is 2.20. The van der Waals surface area contributed by atoms with Crippen LogP contribution in [0.1, 0.15) is 41.1 Å². The summed E-state index contributed by atoms with van der Waals surface area (Å²) in [6.07, 6.45) is 0. The number of thiazole rings is 1. The van der Waals surface area contributed by atoms with Gasteiger partial charge in [0.2, 0.25) is 5.91 Å². The van der Waals surface area contributed by atoms with Crippen LogP contribution in [0.15, 0.2) is 0 Å². The number of amides is 2. The molecule has 25 heavy (non-hydrogen) atoms. The summed E-state index contributed by atoms with van der Waals surface area (Å²) in [5.74, 6) is 0.00245. The molecule has 2 amide bonds. The van der Waals surface area contributed by atoms with Crippen molar-refractivity contribution in [3.63, 3.8) is 0 Å². The SMILES string of the molecule is CNC(=O)c1sc(CN2CCN(CC(=O)NC(C)(C)C)CC2)nc1C. The zero-order valence-corrected chi connectivity index (χ0v) is 16.6. The first-order valence-electron chi connectivity index (χ1n) is 8.62. The Morgan fingerprint density at radius 1 is 1.16 bits per heavy atom. The first kappa shape index (κ1) is 19.8. The summed E-state index contributed by atoms with van der Waals surface area (Å²) in [6.45, 7) is 12.6. The van der Waals surface area contributed by atoms with Crippen molar-refractivity contribution in [1.29, 1.82) is 0 Å². The van der Waals surface area contributed by atoms with Gasteiger partial charge < -0.3 is 10.6 Å². The van der Waals surface area contributed by atoms with E-state index in [4.69, 9.17) is 0 Å². The molecule has 2 heterocycles. The fraction of sp³-hybridized carbons (Fsp3) is 0.706. The Morgan fingerprint density at radius 3 is 2.32 bits per heavy atom. The maximum atomic E-state index is 12.0. The van der Waals surface area contributed by atoms with Crippen LogP contribution in [0.25, 0.3) is 0 Å². The number of carbonyl (C=O) groups excluding carboxylic acids is 2. The van der Waals surface area contributed by atoms with E-state index in [-0.39, 0.29) is 17.4 Å². The van der Waals surface area contributed by atoms with Crippen molar-refractivity contribution < 1.29 is 9.59 Å². The second kappa shape index (κ2) is 8.25. The Hall–Kier alpha value is -1.51. The number of aromatic nitrogens is 1. The van der Waals surface area contributed by atoms with Crippen LogP contribution in [-0.4, -0.2) is 71.9 Å². The van der Waals surface area contributed by atoms with E-state index < -0.39 is 0 Å². The summed E-state index contributed by atoms with van der Waals surface area (Å²) < 4.78 is 0. The van der Waals surface area contributed by atoms with Crippen LogP contribution >= 0.6 is 11.3 Å². The maximum Gasteiger partial charge on any atom is 0.263 e. The molecule has 1 aromatic rings. The summed E-state index contributed by atoms with van der Waals surface area (Å²) in [5, 5.41) is 6.62. The van der Waals surface area contributed by atoms with Gasteiger partial charge in [0.25, 0.3) is 5.91 Å². The number of aryl methyl sites for hydroxylation is 1. The number of hydrogen-bond acceptors (Lipinski definition) is 6. The Labute approximate surface area is 153 Å². The molecular formula is C17H29N5O2S. The van der Waals surface area contributed by atoms with Crippen LogP contribution in [-0.2, 0) is 11.3 Å². The maximum absolute atomic E-state index is 12.0.